The number of hydrogen-bond acceptors (Lipinski definition) is 2. The summed E-state index contributed by atoms with van der Waals surface area (Å²) in [6, 6.07) is 6.57. The SMILES string of the molecule is C#CC(C)N(C)C(=O)Nc1ccc(OCC2CC2(Cl)Cl)cc1. The molecule has 1 aliphatic rings. The maximum Gasteiger partial charge on any atom is 0.322 e. The molecular formula is C16H18Cl2N2O2. The van der Waals surface area contributed by atoms with Gasteiger partial charge in [-0.15, -0.1) is 29.6 Å². The van der Waals surface area contributed by atoms with Crippen LogP contribution in [-0.2, 0) is 0 Å². The van der Waals surface area contributed by atoms with E-state index in [9.17, 15) is 4.79 Å². The van der Waals surface area contributed by atoms with Gasteiger partial charge in [0.2, 0.25) is 0 Å². The third kappa shape index (κ3) is 4.22. The first kappa shape index (κ1) is 16.8. The molecule has 0 spiro atoms. The molecule has 2 unspecified atom stereocenters. The fourth-order valence-corrected chi connectivity index (χ4v) is 2.28. The van der Waals surface area contributed by atoms with E-state index in [1.807, 2.05) is 0 Å². The van der Waals surface area contributed by atoms with E-state index in [1.54, 1.807) is 38.2 Å². The van der Waals surface area contributed by atoms with Gasteiger partial charge in [0.15, 0.2) is 0 Å². The van der Waals surface area contributed by atoms with Gasteiger partial charge in [-0.1, -0.05) is 5.92 Å². The number of carbonyl (C=O) groups excluding carboxylic acids is 1. The van der Waals surface area contributed by atoms with E-state index in [1.165, 1.54) is 4.90 Å². The minimum atomic E-state index is -0.633. The zero-order chi connectivity index (χ0) is 16.3. The highest BCUT2D eigenvalue weighted by molar-refractivity contribution is 6.50. The van der Waals surface area contributed by atoms with Crippen molar-refractivity contribution in [3.8, 4) is 18.1 Å². The number of alkyl halides is 2. The minimum absolute atomic E-state index is 0.175. The first-order chi connectivity index (χ1) is 10.3. The van der Waals surface area contributed by atoms with Crippen molar-refractivity contribution in [3.63, 3.8) is 0 Å². The number of amides is 2. The molecule has 0 aromatic heterocycles. The van der Waals surface area contributed by atoms with Crippen LogP contribution in [0.15, 0.2) is 24.3 Å². The van der Waals surface area contributed by atoms with Crippen molar-refractivity contribution in [1.82, 2.24) is 4.90 Å². The molecule has 0 radical (unpaired) electrons. The summed E-state index contributed by atoms with van der Waals surface area (Å²) in [5.41, 5.74) is 0.670. The molecule has 6 heteroatoms. The average molecular weight is 341 g/mol. The lowest BCUT2D eigenvalue weighted by atomic mass is 10.3. The van der Waals surface area contributed by atoms with E-state index in [0.29, 0.717) is 18.0 Å². The quantitative estimate of drug-likeness (QED) is 0.655. The van der Waals surface area contributed by atoms with Crippen LogP contribution in [0.25, 0.3) is 0 Å². The number of hydrogen-bond donors (Lipinski definition) is 1. The third-order valence-electron chi connectivity index (χ3n) is 3.65. The molecule has 1 saturated carbocycles. The number of halogens is 2. The van der Waals surface area contributed by atoms with E-state index in [0.717, 1.165) is 6.42 Å². The van der Waals surface area contributed by atoms with Crippen LogP contribution in [0.2, 0.25) is 0 Å². The van der Waals surface area contributed by atoms with E-state index in [4.69, 9.17) is 34.4 Å². The number of ether oxygens (including phenoxy) is 1. The van der Waals surface area contributed by atoms with Gasteiger partial charge < -0.3 is 15.0 Å². The van der Waals surface area contributed by atoms with Crippen molar-refractivity contribution >= 4 is 34.9 Å². The minimum Gasteiger partial charge on any atom is -0.493 e. The molecule has 2 amide bonds. The van der Waals surface area contributed by atoms with Gasteiger partial charge in [-0.2, -0.15) is 0 Å². The van der Waals surface area contributed by atoms with Gasteiger partial charge in [-0.25, -0.2) is 4.79 Å². The zero-order valence-corrected chi connectivity index (χ0v) is 14.0. The smallest absolute Gasteiger partial charge is 0.322 e. The molecule has 2 atom stereocenters. The van der Waals surface area contributed by atoms with Crippen LogP contribution in [-0.4, -0.2) is 35.0 Å². The van der Waals surface area contributed by atoms with Crippen LogP contribution in [0.4, 0.5) is 10.5 Å². The molecule has 22 heavy (non-hydrogen) atoms. The van der Waals surface area contributed by atoms with E-state index < -0.39 is 4.33 Å². The van der Waals surface area contributed by atoms with Crippen LogP contribution in [0.5, 0.6) is 5.75 Å². The lowest BCUT2D eigenvalue weighted by Gasteiger charge is -2.21. The Hall–Kier alpha value is -1.57. The second kappa shape index (κ2) is 6.68. The molecule has 1 aromatic rings. The largest absolute Gasteiger partial charge is 0.493 e. The molecule has 0 saturated heterocycles. The Bertz CT molecular complexity index is 581. The van der Waals surface area contributed by atoms with Crippen LogP contribution in [0, 0.1) is 18.3 Å². The lowest BCUT2D eigenvalue weighted by Crippen LogP contribution is -2.37. The first-order valence-corrected chi connectivity index (χ1v) is 7.69. The zero-order valence-electron chi connectivity index (χ0n) is 12.5. The van der Waals surface area contributed by atoms with Crippen molar-refractivity contribution in [1.29, 1.82) is 0 Å². The van der Waals surface area contributed by atoms with Crippen LogP contribution >= 0.6 is 23.2 Å². The van der Waals surface area contributed by atoms with Crippen molar-refractivity contribution in [2.75, 3.05) is 19.0 Å². The van der Waals surface area contributed by atoms with Crippen molar-refractivity contribution in [2.45, 2.75) is 23.7 Å². The summed E-state index contributed by atoms with van der Waals surface area (Å²) in [5, 5.41) is 2.77. The highest BCUT2D eigenvalue weighted by atomic mass is 35.5. The average Bonchev–Trinajstić information content (AvgIpc) is 3.12. The van der Waals surface area contributed by atoms with Gasteiger partial charge in [0.1, 0.15) is 10.1 Å². The van der Waals surface area contributed by atoms with Crippen LogP contribution < -0.4 is 10.1 Å². The summed E-state index contributed by atoms with van der Waals surface area (Å²) in [7, 11) is 1.65. The summed E-state index contributed by atoms with van der Waals surface area (Å²) in [6.07, 6.45) is 6.05. The maximum atomic E-state index is 12.0. The molecule has 1 N–H and O–H groups in total. The van der Waals surface area contributed by atoms with Crippen LogP contribution in [0.1, 0.15) is 13.3 Å². The second-order valence-electron chi connectivity index (χ2n) is 5.38. The number of carbonyl (C=O) groups is 1. The summed E-state index contributed by atoms with van der Waals surface area (Å²) >= 11 is 11.9. The molecule has 4 nitrogen and oxygen atoms in total. The van der Waals surface area contributed by atoms with Gasteiger partial charge in [-0.3, -0.25) is 0 Å². The molecular weight excluding hydrogens is 323 g/mol. The van der Waals surface area contributed by atoms with E-state index in [-0.39, 0.29) is 18.0 Å². The predicted octanol–water partition coefficient (Wildman–Crippen LogP) is 3.74. The molecule has 0 bridgehead atoms. The molecule has 1 fully saturated rings. The molecule has 0 aliphatic heterocycles. The Kier molecular flexibility index (Phi) is 5.10. The van der Waals surface area contributed by atoms with Gasteiger partial charge >= 0.3 is 6.03 Å². The van der Waals surface area contributed by atoms with Gasteiger partial charge in [0, 0.05) is 18.7 Å². The summed E-state index contributed by atoms with van der Waals surface area (Å²) in [6.45, 7) is 2.27. The van der Waals surface area contributed by atoms with Gasteiger partial charge in [0.25, 0.3) is 0 Å². The number of nitrogens with one attached hydrogen (secondary N) is 1. The second-order valence-corrected chi connectivity index (χ2v) is 6.92. The summed E-state index contributed by atoms with van der Waals surface area (Å²) in [4.78, 5) is 13.4. The number of rotatable bonds is 5. The number of nitrogens with zero attached hydrogens (tertiary/aromatic N) is 1. The lowest BCUT2D eigenvalue weighted by molar-refractivity contribution is 0.217. The normalized spacial score (nSPS) is 19.7. The predicted molar refractivity (Wildman–Crippen MR) is 89.6 cm³/mol. The van der Waals surface area contributed by atoms with Gasteiger partial charge in [-0.05, 0) is 37.6 Å². The monoisotopic (exact) mass is 340 g/mol. The Labute approximate surface area is 140 Å². The fraction of sp³-hybridized carbons (Fsp3) is 0.438. The number of benzene rings is 1. The highest BCUT2D eigenvalue weighted by Crippen LogP contribution is 2.53. The molecule has 1 aromatic carbocycles. The number of urea groups is 1. The molecule has 1 aliphatic carbocycles. The number of terminal acetylenes is 1. The van der Waals surface area contributed by atoms with Crippen molar-refractivity contribution < 1.29 is 9.53 Å². The summed E-state index contributed by atoms with van der Waals surface area (Å²) in [5.74, 6) is 3.39. The van der Waals surface area contributed by atoms with Gasteiger partial charge in [0.05, 0.1) is 12.6 Å². The molecule has 2 rings (SSSR count). The first-order valence-electron chi connectivity index (χ1n) is 6.94. The Balaban J connectivity index is 1.84. The topological polar surface area (TPSA) is 41.6 Å². The van der Waals surface area contributed by atoms with Crippen molar-refractivity contribution in [3.05, 3.63) is 24.3 Å². The molecule has 0 heterocycles. The Morgan fingerprint density at radius 1 is 1.55 bits per heavy atom. The third-order valence-corrected chi connectivity index (χ3v) is 4.58. The van der Waals surface area contributed by atoms with E-state index in [2.05, 4.69) is 11.2 Å². The highest BCUT2D eigenvalue weighted by Gasteiger charge is 2.52. The summed E-state index contributed by atoms with van der Waals surface area (Å²) < 4.78 is 4.98. The number of anilines is 1. The maximum absolute atomic E-state index is 12.0. The standard InChI is InChI=1S/C16H18Cl2N2O2/c1-4-11(2)20(3)15(21)19-13-5-7-14(8-6-13)22-10-12-9-16(12,17)18/h1,5-8,11-12H,9-10H2,2-3H3,(H,19,21). The molecule has 118 valence electrons. The van der Waals surface area contributed by atoms with Crippen LogP contribution in [0.3, 0.4) is 0 Å². The fourth-order valence-electron chi connectivity index (χ4n) is 1.78. The van der Waals surface area contributed by atoms with E-state index >= 15 is 0 Å². The Morgan fingerprint density at radius 2 is 2.14 bits per heavy atom. The Morgan fingerprint density at radius 3 is 2.64 bits per heavy atom. The van der Waals surface area contributed by atoms with Crippen molar-refractivity contribution in [2.24, 2.45) is 5.92 Å².